The second-order valence-corrected chi connectivity index (χ2v) is 7.82. The van der Waals surface area contributed by atoms with E-state index in [0.717, 1.165) is 63.3 Å². The van der Waals surface area contributed by atoms with Crippen LogP contribution >= 0.6 is 0 Å². The Kier molecular flexibility index (Phi) is 8.48. The highest BCUT2D eigenvalue weighted by Gasteiger charge is 2.17. The zero-order chi connectivity index (χ0) is 20.5. The van der Waals surface area contributed by atoms with Gasteiger partial charge in [0.1, 0.15) is 0 Å². The number of fused-ring (bicyclic) bond motifs is 1. The van der Waals surface area contributed by atoms with Crippen LogP contribution < -0.4 is 0 Å². The molecule has 154 valence electrons. The van der Waals surface area contributed by atoms with Crippen molar-refractivity contribution < 1.29 is 14.2 Å². The standard InChI is InChI=1S/C9H9NO.C7H13NO.C6H11NO/c11-10-6-5-8-3-1-2-4-9(8)7-10;1-6-4-3-5-7(2)8(6)9;1-6-4-2-3-5-7(6)8/h1-4,7H,5-6H2;6H,3-5H2,1-2H3;2-5H2,1H3. The molecule has 6 heteroatoms. The van der Waals surface area contributed by atoms with E-state index in [9.17, 15) is 15.6 Å². The van der Waals surface area contributed by atoms with Gasteiger partial charge in [-0.15, -0.1) is 0 Å². The van der Waals surface area contributed by atoms with Crippen molar-refractivity contribution in [3.05, 3.63) is 51.0 Å². The molecule has 1 aromatic carbocycles. The van der Waals surface area contributed by atoms with E-state index < -0.39 is 0 Å². The fourth-order valence-corrected chi connectivity index (χ4v) is 3.55. The third kappa shape index (κ3) is 6.66. The SMILES string of the molecule is CC1=[N+]([O-])C(C)CCC1.CC1=[N+]([O-])CCCC1.[O-][N+]1=Cc2ccccc2CC1. The van der Waals surface area contributed by atoms with Crippen molar-refractivity contribution >= 4 is 17.6 Å². The number of hydroxylamine groups is 3. The minimum atomic E-state index is 0.221. The molecular formula is C22H33N3O3. The van der Waals surface area contributed by atoms with Crippen LogP contribution in [-0.4, -0.2) is 51.0 Å². The fraction of sp³-hybridized carbons (Fsp3) is 0.591. The molecule has 4 rings (SSSR count). The summed E-state index contributed by atoms with van der Waals surface area (Å²) in [5.41, 5.74) is 4.33. The van der Waals surface area contributed by atoms with Crippen molar-refractivity contribution in [1.82, 2.24) is 0 Å². The zero-order valence-electron chi connectivity index (χ0n) is 17.4. The van der Waals surface area contributed by atoms with Gasteiger partial charge in [-0.3, -0.25) is 0 Å². The molecule has 6 nitrogen and oxygen atoms in total. The van der Waals surface area contributed by atoms with Crippen molar-refractivity contribution in [2.24, 2.45) is 0 Å². The Labute approximate surface area is 168 Å². The maximum Gasteiger partial charge on any atom is 0.182 e. The molecule has 28 heavy (non-hydrogen) atoms. The highest BCUT2D eigenvalue weighted by molar-refractivity contribution is 5.79. The van der Waals surface area contributed by atoms with Gasteiger partial charge in [-0.25, -0.2) is 14.2 Å². The number of hydrogen-bond donors (Lipinski definition) is 0. The molecule has 3 aliphatic heterocycles. The summed E-state index contributed by atoms with van der Waals surface area (Å²) in [7, 11) is 0. The lowest BCUT2D eigenvalue weighted by molar-refractivity contribution is -0.503. The molecule has 0 N–H and O–H groups in total. The predicted octanol–water partition coefficient (Wildman–Crippen LogP) is 3.84. The molecule has 0 saturated heterocycles. The molecule has 3 aliphatic rings. The molecule has 0 aliphatic carbocycles. The third-order valence-corrected chi connectivity index (χ3v) is 5.45. The van der Waals surface area contributed by atoms with Crippen molar-refractivity contribution in [1.29, 1.82) is 0 Å². The molecule has 0 spiro atoms. The second kappa shape index (κ2) is 10.8. The summed E-state index contributed by atoms with van der Waals surface area (Å²) in [5, 5.41) is 32.6. The number of nitrogens with zero attached hydrogens (tertiary/aromatic N) is 3. The van der Waals surface area contributed by atoms with Crippen LogP contribution in [0.3, 0.4) is 0 Å². The Hall–Kier alpha value is -2.37. The Bertz CT molecular complexity index is 739. The number of rotatable bonds is 0. The Morgan fingerprint density at radius 2 is 1.57 bits per heavy atom. The first-order valence-corrected chi connectivity index (χ1v) is 10.3. The lowest BCUT2D eigenvalue weighted by Gasteiger charge is -2.19. The zero-order valence-corrected chi connectivity index (χ0v) is 17.4. The van der Waals surface area contributed by atoms with E-state index in [0.29, 0.717) is 13.1 Å². The summed E-state index contributed by atoms with van der Waals surface area (Å²) in [6, 6.07) is 8.22. The molecule has 0 bridgehead atoms. The van der Waals surface area contributed by atoms with Gasteiger partial charge in [0, 0.05) is 51.5 Å². The summed E-state index contributed by atoms with van der Waals surface area (Å²) in [6.45, 7) is 7.12. The predicted molar refractivity (Wildman–Crippen MR) is 114 cm³/mol. The number of benzene rings is 1. The first-order chi connectivity index (χ1) is 13.4. The van der Waals surface area contributed by atoms with Crippen molar-refractivity contribution in [3.8, 4) is 0 Å². The summed E-state index contributed by atoms with van der Waals surface area (Å²) < 4.78 is 3.23. The van der Waals surface area contributed by atoms with E-state index in [1.54, 1.807) is 6.21 Å². The summed E-state index contributed by atoms with van der Waals surface area (Å²) in [4.78, 5) is 0. The Morgan fingerprint density at radius 1 is 0.857 bits per heavy atom. The van der Waals surface area contributed by atoms with Crippen molar-refractivity contribution in [2.75, 3.05) is 13.1 Å². The summed E-state index contributed by atoms with van der Waals surface area (Å²) >= 11 is 0. The molecule has 0 aromatic heterocycles. The maximum atomic E-state index is 11.0. The molecule has 0 radical (unpaired) electrons. The molecule has 0 saturated carbocycles. The van der Waals surface area contributed by atoms with Gasteiger partial charge in [0.15, 0.2) is 36.8 Å². The van der Waals surface area contributed by atoms with Gasteiger partial charge in [0.2, 0.25) is 0 Å². The van der Waals surface area contributed by atoms with Crippen molar-refractivity contribution in [2.45, 2.75) is 71.8 Å². The average Bonchev–Trinajstić information content (AvgIpc) is 2.69. The minimum absolute atomic E-state index is 0.221. The maximum absolute atomic E-state index is 11.0. The third-order valence-electron chi connectivity index (χ3n) is 5.45. The van der Waals surface area contributed by atoms with Crippen LogP contribution in [-0.2, 0) is 6.42 Å². The molecule has 1 atom stereocenters. The lowest BCUT2D eigenvalue weighted by atomic mass is 10.0. The van der Waals surface area contributed by atoms with Gasteiger partial charge in [0.25, 0.3) is 0 Å². The van der Waals surface area contributed by atoms with Gasteiger partial charge in [-0.05, 0) is 31.4 Å². The largest absolute Gasteiger partial charge is 0.624 e. The molecular weight excluding hydrogens is 354 g/mol. The van der Waals surface area contributed by atoms with Crippen LogP contribution in [0, 0.1) is 15.6 Å². The molecule has 1 unspecified atom stereocenters. The minimum Gasteiger partial charge on any atom is -0.624 e. The number of hydrogen-bond acceptors (Lipinski definition) is 3. The van der Waals surface area contributed by atoms with Gasteiger partial charge < -0.3 is 15.6 Å². The van der Waals surface area contributed by atoms with Crippen LogP contribution in [0.5, 0.6) is 0 Å². The van der Waals surface area contributed by atoms with E-state index in [-0.39, 0.29) is 6.04 Å². The van der Waals surface area contributed by atoms with Gasteiger partial charge in [0.05, 0.1) is 0 Å². The Morgan fingerprint density at radius 3 is 2.18 bits per heavy atom. The highest BCUT2D eigenvalue weighted by Crippen LogP contribution is 2.11. The van der Waals surface area contributed by atoms with Crippen LogP contribution in [0.4, 0.5) is 0 Å². The van der Waals surface area contributed by atoms with E-state index in [1.165, 1.54) is 18.4 Å². The van der Waals surface area contributed by atoms with Gasteiger partial charge >= 0.3 is 0 Å². The van der Waals surface area contributed by atoms with E-state index in [4.69, 9.17) is 0 Å². The summed E-state index contributed by atoms with van der Waals surface area (Å²) in [5.74, 6) is 0. The highest BCUT2D eigenvalue weighted by atomic mass is 16.5. The average molecular weight is 388 g/mol. The van der Waals surface area contributed by atoms with Crippen LogP contribution in [0.1, 0.15) is 70.4 Å². The molecule has 0 amide bonds. The smallest absolute Gasteiger partial charge is 0.182 e. The van der Waals surface area contributed by atoms with Gasteiger partial charge in [-0.1, -0.05) is 18.2 Å². The van der Waals surface area contributed by atoms with E-state index >= 15 is 0 Å². The summed E-state index contributed by atoms with van der Waals surface area (Å²) in [6.07, 6.45) is 9.03. The first kappa shape index (κ1) is 21.9. The van der Waals surface area contributed by atoms with Gasteiger partial charge in [-0.2, -0.15) is 0 Å². The van der Waals surface area contributed by atoms with E-state index in [2.05, 4.69) is 6.07 Å². The topological polar surface area (TPSA) is 78.2 Å². The van der Waals surface area contributed by atoms with Crippen molar-refractivity contribution in [3.63, 3.8) is 0 Å². The monoisotopic (exact) mass is 387 g/mol. The molecule has 3 heterocycles. The fourth-order valence-electron chi connectivity index (χ4n) is 3.55. The molecule has 1 aromatic rings. The van der Waals surface area contributed by atoms with E-state index in [1.807, 2.05) is 39.0 Å². The first-order valence-electron chi connectivity index (χ1n) is 10.3. The quantitative estimate of drug-likeness (QED) is 0.501. The van der Waals surface area contributed by atoms with Crippen LogP contribution in [0.2, 0.25) is 0 Å². The normalized spacial score (nSPS) is 21.5. The van der Waals surface area contributed by atoms with Crippen LogP contribution in [0.15, 0.2) is 24.3 Å². The van der Waals surface area contributed by atoms with Crippen LogP contribution in [0.25, 0.3) is 0 Å². The second-order valence-electron chi connectivity index (χ2n) is 7.82. The lowest BCUT2D eigenvalue weighted by Crippen LogP contribution is -2.27. The molecule has 0 fully saturated rings. The Balaban J connectivity index is 0.000000153.